The maximum atomic E-state index is 12.6. The molecule has 1 aromatic carbocycles. The molecule has 0 aromatic heterocycles. The van der Waals surface area contributed by atoms with Gasteiger partial charge in [-0.15, -0.1) is 0 Å². The highest BCUT2D eigenvalue weighted by atomic mass is 32.1. The third-order valence-corrected chi connectivity index (χ3v) is 3.62. The number of methoxy groups -OCH3 is 1. The van der Waals surface area contributed by atoms with Crippen molar-refractivity contribution in [2.24, 2.45) is 0 Å². The largest absolute Gasteiger partial charge is 0.497 e. The summed E-state index contributed by atoms with van der Waals surface area (Å²) >= 11 is 5.01. The second kappa shape index (κ2) is 6.18. The number of thiocarbonyl (C=S) groups is 1. The monoisotopic (exact) mass is 322 g/mol. The number of urea groups is 1. The first kappa shape index (κ1) is 16.0. The van der Waals surface area contributed by atoms with Gasteiger partial charge < -0.3 is 15.4 Å². The van der Waals surface area contributed by atoms with Crippen LogP contribution < -0.4 is 20.8 Å². The molecule has 8 heteroatoms. The molecule has 22 heavy (non-hydrogen) atoms. The van der Waals surface area contributed by atoms with Crippen LogP contribution in [0.3, 0.4) is 0 Å². The number of rotatable bonds is 4. The molecule has 7 nitrogen and oxygen atoms in total. The lowest BCUT2D eigenvalue weighted by molar-refractivity contribution is -0.132. The molecule has 0 spiro atoms. The quantitative estimate of drug-likeness (QED) is 0.563. The summed E-state index contributed by atoms with van der Waals surface area (Å²) in [4.78, 5) is 24.7. The smallest absolute Gasteiger partial charge is 0.344 e. The summed E-state index contributed by atoms with van der Waals surface area (Å²) in [7, 11) is 1.54. The Morgan fingerprint density at radius 2 is 2.18 bits per heavy atom. The second-order valence-electron chi connectivity index (χ2n) is 4.90. The summed E-state index contributed by atoms with van der Waals surface area (Å²) < 4.78 is 5.16. The number of hydrogen-bond donors (Lipinski definition) is 3. The van der Waals surface area contributed by atoms with Crippen molar-refractivity contribution in [3.05, 3.63) is 29.8 Å². The van der Waals surface area contributed by atoms with Crippen LogP contribution >= 0.6 is 12.2 Å². The van der Waals surface area contributed by atoms with Crippen molar-refractivity contribution in [3.8, 4) is 5.75 Å². The molecule has 1 unspecified atom stereocenters. The van der Waals surface area contributed by atoms with Crippen LogP contribution in [0.25, 0.3) is 0 Å². The minimum atomic E-state index is -1.18. The van der Waals surface area contributed by atoms with Crippen LogP contribution in [0, 0.1) is 0 Å². The normalized spacial score (nSPS) is 20.6. The molecule has 1 aliphatic heterocycles. The first-order chi connectivity index (χ1) is 10.4. The fourth-order valence-electron chi connectivity index (χ4n) is 2.17. The molecule has 3 N–H and O–H groups in total. The van der Waals surface area contributed by atoms with Gasteiger partial charge in [-0.05, 0) is 43.8 Å². The van der Waals surface area contributed by atoms with Gasteiger partial charge in [-0.3, -0.25) is 10.2 Å². The molecule has 1 saturated heterocycles. The fourth-order valence-corrected chi connectivity index (χ4v) is 2.41. The zero-order chi connectivity index (χ0) is 16.3. The molecule has 118 valence electrons. The number of nitrogens with one attached hydrogen (secondary N) is 3. The molecule has 0 radical (unpaired) electrons. The van der Waals surface area contributed by atoms with Gasteiger partial charge in [0.1, 0.15) is 11.3 Å². The minimum absolute atomic E-state index is 0.209. The zero-order valence-electron chi connectivity index (χ0n) is 12.6. The van der Waals surface area contributed by atoms with Crippen molar-refractivity contribution in [1.29, 1.82) is 0 Å². The summed E-state index contributed by atoms with van der Waals surface area (Å²) in [6.07, 6.45) is 0. The van der Waals surface area contributed by atoms with Crippen molar-refractivity contribution in [1.82, 2.24) is 21.1 Å². The van der Waals surface area contributed by atoms with E-state index in [2.05, 4.69) is 16.1 Å². The molecule has 0 saturated carbocycles. The molecule has 0 bridgehead atoms. The molecule has 2 rings (SSSR count). The molecule has 0 aliphatic carbocycles. The standard InChI is InChI=1S/C14H18N4O3S/c1-4-15-12(22)17-18-11(19)14(2,16-13(18)20)9-6-5-7-10(8-9)21-3/h5-8H,4H2,1-3H3,(H,16,20)(H2,15,17,22). The first-order valence-corrected chi connectivity index (χ1v) is 7.19. The van der Waals surface area contributed by atoms with E-state index in [9.17, 15) is 9.59 Å². The molecule has 1 aromatic rings. The average Bonchev–Trinajstić information content (AvgIpc) is 2.72. The highest BCUT2D eigenvalue weighted by Gasteiger charge is 2.49. The van der Waals surface area contributed by atoms with E-state index in [1.807, 2.05) is 6.92 Å². The number of hydrazine groups is 1. The number of carbonyl (C=O) groups is 2. The van der Waals surface area contributed by atoms with Gasteiger partial charge in [-0.25, -0.2) is 4.79 Å². The Bertz CT molecular complexity index is 622. The highest BCUT2D eigenvalue weighted by molar-refractivity contribution is 7.80. The number of carbonyl (C=O) groups excluding carboxylic acids is 2. The Morgan fingerprint density at radius 3 is 2.82 bits per heavy atom. The summed E-state index contributed by atoms with van der Waals surface area (Å²) in [6.45, 7) is 4.09. The number of ether oxygens (including phenoxy) is 1. The highest BCUT2D eigenvalue weighted by Crippen LogP contribution is 2.30. The zero-order valence-corrected chi connectivity index (χ0v) is 13.4. The van der Waals surface area contributed by atoms with E-state index in [1.54, 1.807) is 38.3 Å². The number of amides is 3. The summed E-state index contributed by atoms with van der Waals surface area (Å²) in [6, 6.07) is 6.44. The van der Waals surface area contributed by atoms with Gasteiger partial charge in [0.05, 0.1) is 7.11 Å². The minimum Gasteiger partial charge on any atom is -0.497 e. The van der Waals surface area contributed by atoms with Crippen molar-refractivity contribution in [3.63, 3.8) is 0 Å². The number of imide groups is 1. The van der Waals surface area contributed by atoms with Crippen LogP contribution in [-0.4, -0.2) is 35.7 Å². The molecular formula is C14H18N4O3S. The van der Waals surface area contributed by atoms with Gasteiger partial charge in [0.2, 0.25) is 0 Å². The Kier molecular flexibility index (Phi) is 4.51. The predicted molar refractivity (Wildman–Crippen MR) is 85.1 cm³/mol. The van der Waals surface area contributed by atoms with Crippen molar-refractivity contribution >= 4 is 29.3 Å². The maximum absolute atomic E-state index is 12.6. The van der Waals surface area contributed by atoms with Gasteiger partial charge in [-0.1, -0.05) is 12.1 Å². The van der Waals surface area contributed by atoms with Crippen LogP contribution in [0.15, 0.2) is 24.3 Å². The molecular weight excluding hydrogens is 304 g/mol. The third-order valence-electron chi connectivity index (χ3n) is 3.39. The van der Waals surface area contributed by atoms with Crippen LogP contribution in [0.1, 0.15) is 19.4 Å². The van der Waals surface area contributed by atoms with Crippen LogP contribution in [-0.2, 0) is 10.3 Å². The van der Waals surface area contributed by atoms with E-state index in [1.165, 1.54) is 0 Å². The van der Waals surface area contributed by atoms with Gasteiger partial charge in [0.15, 0.2) is 5.11 Å². The topological polar surface area (TPSA) is 82.7 Å². The van der Waals surface area contributed by atoms with E-state index in [0.29, 0.717) is 17.9 Å². The summed E-state index contributed by atoms with van der Waals surface area (Å²) in [5.74, 6) is 0.168. The van der Waals surface area contributed by atoms with Crippen molar-refractivity contribution in [2.45, 2.75) is 19.4 Å². The fraction of sp³-hybridized carbons (Fsp3) is 0.357. The van der Waals surface area contributed by atoms with Gasteiger partial charge >= 0.3 is 6.03 Å². The first-order valence-electron chi connectivity index (χ1n) is 6.78. The van der Waals surface area contributed by atoms with Gasteiger partial charge in [0.25, 0.3) is 5.91 Å². The SMILES string of the molecule is CCNC(=S)NN1C(=O)NC(C)(c2cccc(OC)c2)C1=O. The summed E-state index contributed by atoms with van der Waals surface area (Å²) in [5, 5.41) is 6.59. The van der Waals surface area contributed by atoms with E-state index < -0.39 is 17.5 Å². The Balaban J connectivity index is 2.27. The van der Waals surface area contributed by atoms with Crippen molar-refractivity contribution in [2.75, 3.05) is 13.7 Å². The lowest BCUT2D eigenvalue weighted by Crippen LogP contribution is -2.51. The van der Waals surface area contributed by atoms with Gasteiger partial charge in [-0.2, -0.15) is 5.01 Å². The summed E-state index contributed by atoms with van der Waals surface area (Å²) in [5.41, 5.74) is 2.04. The van der Waals surface area contributed by atoms with Crippen LogP contribution in [0.4, 0.5) is 4.79 Å². The van der Waals surface area contributed by atoms with Crippen LogP contribution in [0.2, 0.25) is 0 Å². The van der Waals surface area contributed by atoms with Gasteiger partial charge in [0, 0.05) is 6.54 Å². The second-order valence-corrected chi connectivity index (χ2v) is 5.31. The molecule has 1 heterocycles. The molecule has 1 aliphatic rings. The lowest BCUT2D eigenvalue weighted by atomic mass is 9.92. The Labute approximate surface area is 134 Å². The Hall–Kier alpha value is -2.35. The predicted octanol–water partition coefficient (Wildman–Crippen LogP) is 0.861. The van der Waals surface area contributed by atoms with E-state index in [-0.39, 0.29) is 5.11 Å². The molecule has 1 atom stereocenters. The Morgan fingerprint density at radius 1 is 1.45 bits per heavy atom. The number of nitrogens with zero attached hydrogens (tertiary/aromatic N) is 1. The maximum Gasteiger partial charge on any atom is 0.344 e. The lowest BCUT2D eigenvalue weighted by Gasteiger charge is -2.23. The molecule has 1 fully saturated rings. The number of benzene rings is 1. The number of hydrogen-bond acceptors (Lipinski definition) is 4. The average molecular weight is 322 g/mol. The van der Waals surface area contributed by atoms with E-state index in [4.69, 9.17) is 17.0 Å². The van der Waals surface area contributed by atoms with Crippen LogP contribution in [0.5, 0.6) is 5.75 Å². The van der Waals surface area contributed by atoms with Crippen molar-refractivity contribution < 1.29 is 14.3 Å². The van der Waals surface area contributed by atoms with E-state index >= 15 is 0 Å². The molecule has 3 amide bonds. The van der Waals surface area contributed by atoms with E-state index in [0.717, 1.165) is 5.01 Å². The third kappa shape index (κ3) is 2.82.